The first-order chi connectivity index (χ1) is 10.2. The number of likely N-dealkylation sites (tertiary alicyclic amines) is 1. The number of benzene rings is 1. The molecule has 5 heteroatoms. The molecule has 2 amide bonds. The number of rotatable bonds is 3. The van der Waals surface area contributed by atoms with Crippen molar-refractivity contribution in [3.8, 4) is 5.75 Å². The van der Waals surface area contributed by atoms with Crippen LogP contribution in [-0.4, -0.2) is 37.4 Å². The fourth-order valence-electron chi connectivity index (χ4n) is 3.50. The number of hydrogen-bond acceptors (Lipinski definition) is 3. The van der Waals surface area contributed by atoms with Crippen molar-refractivity contribution in [1.82, 2.24) is 4.90 Å². The lowest BCUT2D eigenvalue weighted by molar-refractivity contribution is 0.218. The van der Waals surface area contributed by atoms with E-state index >= 15 is 0 Å². The van der Waals surface area contributed by atoms with E-state index in [2.05, 4.69) is 5.32 Å². The summed E-state index contributed by atoms with van der Waals surface area (Å²) in [5.74, 6) is 2.16. The molecule has 2 unspecified atom stereocenters. The SMILES string of the molecule is COc1cc(SC)ccc1NC(=O)N1CC2CCCC2C1. The molecule has 2 fully saturated rings. The Hall–Kier alpha value is -1.36. The van der Waals surface area contributed by atoms with Crippen molar-refractivity contribution in [2.75, 3.05) is 31.8 Å². The van der Waals surface area contributed by atoms with Crippen LogP contribution in [0.1, 0.15) is 19.3 Å². The third-order valence-electron chi connectivity index (χ3n) is 4.66. The van der Waals surface area contributed by atoms with Crippen molar-refractivity contribution < 1.29 is 9.53 Å². The van der Waals surface area contributed by atoms with Crippen molar-refractivity contribution in [3.63, 3.8) is 0 Å². The second-order valence-electron chi connectivity index (χ2n) is 5.85. The second-order valence-corrected chi connectivity index (χ2v) is 6.73. The van der Waals surface area contributed by atoms with Crippen LogP contribution in [0.15, 0.2) is 23.1 Å². The molecule has 1 saturated carbocycles. The van der Waals surface area contributed by atoms with Crippen LogP contribution < -0.4 is 10.1 Å². The topological polar surface area (TPSA) is 41.6 Å². The summed E-state index contributed by atoms with van der Waals surface area (Å²) in [6, 6.07) is 5.87. The minimum atomic E-state index is -0.000369. The van der Waals surface area contributed by atoms with Crippen molar-refractivity contribution in [1.29, 1.82) is 0 Å². The van der Waals surface area contributed by atoms with E-state index in [-0.39, 0.29) is 6.03 Å². The summed E-state index contributed by atoms with van der Waals surface area (Å²) < 4.78 is 5.38. The highest BCUT2D eigenvalue weighted by Gasteiger charge is 2.38. The van der Waals surface area contributed by atoms with Crippen molar-refractivity contribution >= 4 is 23.5 Å². The van der Waals surface area contributed by atoms with Crippen LogP contribution in [0.2, 0.25) is 0 Å². The average molecular weight is 306 g/mol. The highest BCUT2D eigenvalue weighted by molar-refractivity contribution is 7.98. The largest absolute Gasteiger partial charge is 0.495 e. The summed E-state index contributed by atoms with van der Waals surface area (Å²) in [7, 11) is 1.63. The number of thioether (sulfide) groups is 1. The van der Waals surface area contributed by atoms with Crippen molar-refractivity contribution in [2.24, 2.45) is 11.8 Å². The quantitative estimate of drug-likeness (QED) is 0.866. The Kier molecular flexibility index (Phi) is 4.29. The molecular weight excluding hydrogens is 284 g/mol. The van der Waals surface area contributed by atoms with E-state index in [0.29, 0.717) is 0 Å². The molecular formula is C16H22N2O2S. The Morgan fingerprint density at radius 3 is 2.67 bits per heavy atom. The van der Waals surface area contributed by atoms with Gasteiger partial charge in [0.25, 0.3) is 0 Å². The Morgan fingerprint density at radius 2 is 2.05 bits per heavy atom. The zero-order valence-electron chi connectivity index (χ0n) is 12.6. The Bertz CT molecular complexity index is 523. The van der Waals surface area contributed by atoms with Gasteiger partial charge in [-0.1, -0.05) is 6.42 Å². The number of carbonyl (C=O) groups is 1. The summed E-state index contributed by atoms with van der Waals surface area (Å²) >= 11 is 1.66. The molecule has 1 aliphatic carbocycles. The standard InChI is InChI=1S/C16H22N2O2S/c1-20-15-8-13(21-2)6-7-14(15)17-16(19)18-9-11-4-3-5-12(11)10-18/h6-8,11-12H,3-5,9-10H2,1-2H3,(H,17,19). The molecule has 0 aromatic heterocycles. The van der Waals surface area contributed by atoms with E-state index in [1.807, 2.05) is 29.4 Å². The summed E-state index contributed by atoms with van der Waals surface area (Å²) in [6.07, 6.45) is 5.91. The molecule has 1 heterocycles. The number of anilines is 1. The summed E-state index contributed by atoms with van der Waals surface area (Å²) in [5.41, 5.74) is 0.748. The third-order valence-corrected chi connectivity index (χ3v) is 5.39. The van der Waals surface area contributed by atoms with Gasteiger partial charge in [0.15, 0.2) is 0 Å². The van der Waals surface area contributed by atoms with Crippen LogP contribution in [0.25, 0.3) is 0 Å². The van der Waals surface area contributed by atoms with Gasteiger partial charge in [0.2, 0.25) is 0 Å². The van der Waals surface area contributed by atoms with E-state index in [4.69, 9.17) is 4.74 Å². The molecule has 1 aliphatic heterocycles. The molecule has 0 bridgehead atoms. The van der Waals surface area contributed by atoms with Gasteiger partial charge in [-0.3, -0.25) is 0 Å². The molecule has 2 aliphatic rings. The van der Waals surface area contributed by atoms with Gasteiger partial charge < -0.3 is 15.0 Å². The van der Waals surface area contributed by atoms with Gasteiger partial charge in [-0.15, -0.1) is 11.8 Å². The zero-order valence-corrected chi connectivity index (χ0v) is 13.4. The molecule has 1 N–H and O–H groups in total. The Labute approximate surface area is 130 Å². The Morgan fingerprint density at radius 1 is 1.33 bits per heavy atom. The number of fused-ring (bicyclic) bond motifs is 1. The van der Waals surface area contributed by atoms with Gasteiger partial charge in [-0.05, 0) is 49.1 Å². The van der Waals surface area contributed by atoms with Gasteiger partial charge in [-0.25, -0.2) is 4.79 Å². The number of ether oxygens (including phenoxy) is 1. The highest BCUT2D eigenvalue weighted by Crippen LogP contribution is 2.38. The first-order valence-corrected chi connectivity index (χ1v) is 8.71. The number of nitrogens with one attached hydrogen (secondary N) is 1. The smallest absolute Gasteiger partial charge is 0.321 e. The summed E-state index contributed by atoms with van der Waals surface area (Å²) in [4.78, 5) is 15.5. The fourth-order valence-corrected chi connectivity index (χ4v) is 3.93. The molecule has 0 radical (unpaired) electrons. The van der Waals surface area contributed by atoms with Gasteiger partial charge in [0.05, 0.1) is 12.8 Å². The summed E-state index contributed by atoms with van der Waals surface area (Å²) in [5, 5.41) is 3.00. The number of urea groups is 1. The lowest BCUT2D eigenvalue weighted by Gasteiger charge is -2.19. The van der Waals surface area contributed by atoms with Crippen molar-refractivity contribution in [3.05, 3.63) is 18.2 Å². The monoisotopic (exact) mass is 306 g/mol. The summed E-state index contributed by atoms with van der Waals surface area (Å²) in [6.45, 7) is 1.81. The van der Waals surface area contributed by atoms with E-state index in [9.17, 15) is 4.79 Å². The van der Waals surface area contributed by atoms with E-state index in [1.165, 1.54) is 19.3 Å². The Balaban J connectivity index is 1.67. The van der Waals surface area contributed by atoms with Crippen LogP contribution in [0.5, 0.6) is 5.75 Å². The van der Waals surface area contributed by atoms with Gasteiger partial charge in [0, 0.05) is 18.0 Å². The maximum atomic E-state index is 12.4. The lowest BCUT2D eigenvalue weighted by Crippen LogP contribution is -2.33. The molecule has 3 rings (SSSR count). The van der Waals surface area contributed by atoms with Crippen LogP contribution in [-0.2, 0) is 0 Å². The third kappa shape index (κ3) is 2.98. The molecule has 21 heavy (non-hydrogen) atoms. The minimum Gasteiger partial charge on any atom is -0.495 e. The maximum absolute atomic E-state index is 12.4. The van der Waals surface area contributed by atoms with Crippen LogP contribution in [0, 0.1) is 11.8 Å². The van der Waals surface area contributed by atoms with E-state index in [0.717, 1.165) is 41.3 Å². The van der Waals surface area contributed by atoms with Crippen molar-refractivity contribution in [2.45, 2.75) is 24.2 Å². The second kappa shape index (κ2) is 6.18. The minimum absolute atomic E-state index is 0.000369. The van der Waals surface area contributed by atoms with Crippen LogP contribution in [0.4, 0.5) is 10.5 Å². The first-order valence-electron chi connectivity index (χ1n) is 7.49. The molecule has 1 saturated heterocycles. The molecule has 1 aromatic carbocycles. The lowest BCUT2D eigenvalue weighted by atomic mass is 10.0. The van der Waals surface area contributed by atoms with Crippen LogP contribution in [0.3, 0.4) is 0 Å². The van der Waals surface area contributed by atoms with Gasteiger partial charge in [0.1, 0.15) is 5.75 Å². The number of hydrogen-bond donors (Lipinski definition) is 1. The normalized spacial score (nSPS) is 24.0. The molecule has 0 spiro atoms. The molecule has 4 nitrogen and oxygen atoms in total. The van der Waals surface area contributed by atoms with Crippen LogP contribution >= 0.6 is 11.8 Å². The van der Waals surface area contributed by atoms with E-state index < -0.39 is 0 Å². The molecule has 1 aromatic rings. The maximum Gasteiger partial charge on any atom is 0.321 e. The fraction of sp³-hybridized carbons (Fsp3) is 0.562. The predicted octanol–water partition coefficient (Wildman–Crippen LogP) is 3.68. The van der Waals surface area contributed by atoms with Gasteiger partial charge >= 0.3 is 6.03 Å². The first kappa shape index (κ1) is 14.6. The number of carbonyl (C=O) groups excluding carboxylic acids is 1. The number of nitrogens with zero attached hydrogens (tertiary/aromatic N) is 1. The highest BCUT2D eigenvalue weighted by atomic mass is 32.2. The van der Waals surface area contributed by atoms with E-state index in [1.54, 1.807) is 18.9 Å². The molecule has 2 atom stereocenters. The number of amides is 2. The molecule has 114 valence electrons. The number of methoxy groups -OCH3 is 1. The average Bonchev–Trinajstić information content (AvgIpc) is 3.08. The zero-order chi connectivity index (χ0) is 14.8. The predicted molar refractivity (Wildman–Crippen MR) is 86.2 cm³/mol. The van der Waals surface area contributed by atoms with Gasteiger partial charge in [-0.2, -0.15) is 0 Å².